The van der Waals surface area contributed by atoms with Crippen molar-refractivity contribution in [2.75, 3.05) is 18.0 Å². The van der Waals surface area contributed by atoms with Gasteiger partial charge < -0.3 is 15.7 Å². The summed E-state index contributed by atoms with van der Waals surface area (Å²) in [5.74, 6) is 0. The second kappa shape index (κ2) is 3.59. The van der Waals surface area contributed by atoms with Gasteiger partial charge in [0.05, 0.1) is 6.10 Å². The fraction of sp³-hybridized carbons (Fsp3) is 0.455. The van der Waals surface area contributed by atoms with E-state index < -0.39 is 0 Å². The van der Waals surface area contributed by atoms with Gasteiger partial charge in [-0.25, -0.2) is 0 Å². The summed E-state index contributed by atoms with van der Waals surface area (Å²) in [6.45, 7) is 3.47. The van der Waals surface area contributed by atoms with Crippen molar-refractivity contribution in [3.63, 3.8) is 0 Å². The normalized spacial score (nSPS) is 19.2. The SMILES string of the molecule is CC(N)c1ccc(N2CC(O)C2)cc1. The minimum atomic E-state index is -0.150. The average molecular weight is 192 g/mol. The molecule has 1 atom stereocenters. The van der Waals surface area contributed by atoms with Crippen LogP contribution in [-0.2, 0) is 0 Å². The molecule has 1 aliphatic heterocycles. The van der Waals surface area contributed by atoms with E-state index in [0.29, 0.717) is 0 Å². The molecule has 3 nitrogen and oxygen atoms in total. The summed E-state index contributed by atoms with van der Waals surface area (Å²) in [7, 11) is 0. The van der Waals surface area contributed by atoms with Gasteiger partial charge in [0.15, 0.2) is 0 Å². The summed E-state index contributed by atoms with van der Waals surface area (Å²) in [6.07, 6.45) is -0.150. The van der Waals surface area contributed by atoms with Gasteiger partial charge in [0.1, 0.15) is 0 Å². The molecule has 3 heteroatoms. The third-order valence-electron chi connectivity index (χ3n) is 2.65. The van der Waals surface area contributed by atoms with E-state index in [1.54, 1.807) is 0 Å². The number of aliphatic hydroxyl groups excluding tert-OH is 1. The molecule has 1 aliphatic rings. The van der Waals surface area contributed by atoms with E-state index in [0.717, 1.165) is 18.7 Å². The van der Waals surface area contributed by atoms with Crippen molar-refractivity contribution in [3.05, 3.63) is 29.8 Å². The van der Waals surface area contributed by atoms with Gasteiger partial charge in [-0.05, 0) is 24.6 Å². The van der Waals surface area contributed by atoms with Crippen LogP contribution in [0.15, 0.2) is 24.3 Å². The monoisotopic (exact) mass is 192 g/mol. The van der Waals surface area contributed by atoms with E-state index in [2.05, 4.69) is 17.0 Å². The summed E-state index contributed by atoms with van der Waals surface area (Å²) in [5.41, 5.74) is 8.07. The van der Waals surface area contributed by atoms with E-state index in [-0.39, 0.29) is 12.1 Å². The standard InChI is InChI=1S/C11H16N2O/c1-8(12)9-2-4-10(5-3-9)13-6-11(14)7-13/h2-5,8,11,14H,6-7,12H2,1H3. The second-order valence-electron chi connectivity index (χ2n) is 3.94. The van der Waals surface area contributed by atoms with Gasteiger partial charge in [0.25, 0.3) is 0 Å². The predicted octanol–water partition coefficient (Wildman–Crippen LogP) is 0.887. The molecule has 76 valence electrons. The summed E-state index contributed by atoms with van der Waals surface area (Å²) in [4.78, 5) is 2.15. The summed E-state index contributed by atoms with van der Waals surface area (Å²) < 4.78 is 0. The molecule has 0 radical (unpaired) electrons. The predicted molar refractivity (Wildman–Crippen MR) is 57.3 cm³/mol. The highest BCUT2D eigenvalue weighted by Crippen LogP contribution is 2.22. The van der Waals surface area contributed by atoms with E-state index in [1.807, 2.05) is 19.1 Å². The van der Waals surface area contributed by atoms with Crippen molar-refractivity contribution in [1.82, 2.24) is 0 Å². The topological polar surface area (TPSA) is 49.5 Å². The molecule has 1 heterocycles. The third kappa shape index (κ3) is 1.74. The van der Waals surface area contributed by atoms with Gasteiger partial charge in [0, 0.05) is 24.8 Å². The van der Waals surface area contributed by atoms with Crippen LogP contribution in [0, 0.1) is 0 Å². The summed E-state index contributed by atoms with van der Waals surface area (Å²) in [6, 6.07) is 8.30. The van der Waals surface area contributed by atoms with Crippen LogP contribution in [0.1, 0.15) is 18.5 Å². The molecule has 0 aliphatic carbocycles. The molecule has 1 aromatic rings. The van der Waals surface area contributed by atoms with E-state index in [4.69, 9.17) is 10.8 Å². The lowest BCUT2D eigenvalue weighted by Gasteiger charge is -2.38. The Morgan fingerprint density at radius 3 is 2.36 bits per heavy atom. The van der Waals surface area contributed by atoms with Crippen LogP contribution in [-0.4, -0.2) is 24.3 Å². The third-order valence-corrected chi connectivity index (χ3v) is 2.65. The van der Waals surface area contributed by atoms with Gasteiger partial charge in [-0.2, -0.15) is 0 Å². The number of anilines is 1. The fourth-order valence-electron chi connectivity index (χ4n) is 1.65. The van der Waals surface area contributed by atoms with Crippen molar-refractivity contribution in [2.24, 2.45) is 5.73 Å². The number of rotatable bonds is 2. The highest BCUT2D eigenvalue weighted by molar-refractivity contribution is 5.50. The molecule has 14 heavy (non-hydrogen) atoms. The van der Waals surface area contributed by atoms with Crippen molar-refractivity contribution < 1.29 is 5.11 Å². The van der Waals surface area contributed by atoms with Gasteiger partial charge in [-0.1, -0.05) is 12.1 Å². The fourth-order valence-corrected chi connectivity index (χ4v) is 1.65. The molecule has 1 saturated heterocycles. The van der Waals surface area contributed by atoms with Gasteiger partial charge >= 0.3 is 0 Å². The number of nitrogens with zero attached hydrogens (tertiary/aromatic N) is 1. The molecule has 2 rings (SSSR count). The highest BCUT2D eigenvalue weighted by Gasteiger charge is 2.24. The van der Waals surface area contributed by atoms with Crippen molar-refractivity contribution >= 4 is 5.69 Å². The van der Waals surface area contributed by atoms with E-state index >= 15 is 0 Å². The van der Waals surface area contributed by atoms with Crippen LogP contribution in [0.5, 0.6) is 0 Å². The Morgan fingerprint density at radius 2 is 1.93 bits per heavy atom. The first kappa shape index (κ1) is 9.49. The Balaban J connectivity index is 2.07. The highest BCUT2D eigenvalue weighted by atomic mass is 16.3. The van der Waals surface area contributed by atoms with E-state index in [9.17, 15) is 0 Å². The molecular weight excluding hydrogens is 176 g/mol. The minimum Gasteiger partial charge on any atom is -0.389 e. The first-order chi connectivity index (χ1) is 6.66. The number of benzene rings is 1. The summed E-state index contributed by atoms with van der Waals surface area (Å²) >= 11 is 0. The van der Waals surface area contributed by atoms with Crippen LogP contribution in [0.3, 0.4) is 0 Å². The van der Waals surface area contributed by atoms with Gasteiger partial charge in [0.2, 0.25) is 0 Å². The zero-order valence-electron chi connectivity index (χ0n) is 8.35. The molecule has 1 fully saturated rings. The Labute approximate surface area is 84.1 Å². The second-order valence-corrected chi connectivity index (χ2v) is 3.94. The number of nitrogens with two attached hydrogens (primary N) is 1. The van der Waals surface area contributed by atoms with Crippen LogP contribution in [0.25, 0.3) is 0 Å². The molecule has 1 unspecified atom stereocenters. The maximum atomic E-state index is 9.16. The number of β-amino-alcohol motifs (C(OH)–C–C–N with tert-alkyl or cyclic N) is 1. The van der Waals surface area contributed by atoms with E-state index in [1.165, 1.54) is 5.69 Å². The van der Waals surface area contributed by atoms with Crippen LogP contribution >= 0.6 is 0 Å². The molecule has 0 bridgehead atoms. The average Bonchev–Trinajstić information content (AvgIpc) is 2.13. The molecular formula is C11H16N2O. The van der Waals surface area contributed by atoms with Gasteiger partial charge in [-0.3, -0.25) is 0 Å². The number of aliphatic hydroxyl groups is 1. The first-order valence-corrected chi connectivity index (χ1v) is 4.95. The Morgan fingerprint density at radius 1 is 1.36 bits per heavy atom. The van der Waals surface area contributed by atoms with Crippen LogP contribution < -0.4 is 10.6 Å². The molecule has 0 spiro atoms. The molecule has 0 aromatic heterocycles. The largest absolute Gasteiger partial charge is 0.389 e. The number of hydrogen-bond acceptors (Lipinski definition) is 3. The van der Waals surface area contributed by atoms with Crippen molar-refractivity contribution in [3.8, 4) is 0 Å². The lowest BCUT2D eigenvalue weighted by atomic mass is 10.1. The summed E-state index contributed by atoms with van der Waals surface area (Å²) in [5, 5.41) is 9.16. The molecule has 0 amide bonds. The van der Waals surface area contributed by atoms with Gasteiger partial charge in [-0.15, -0.1) is 0 Å². The lowest BCUT2D eigenvalue weighted by molar-refractivity contribution is 0.142. The smallest absolute Gasteiger partial charge is 0.0889 e. The van der Waals surface area contributed by atoms with Crippen LogP contribution in [0.4, 0.5) is 5.69 Å². The quantitative estimate of drug-likeness (QED) is 0.731. The zero-order chi connectivity index (χ0) is 10.1. The number of hydrogen-bond donors (Lipinski definition) is 2. The van der Waals surface area contributed by atoms with Crippen LogP contribution in [0.2, 0.25) is 0 Å². The van der Waals surface area contributed by atoms with Crippen molar-refractivity contribution in [1.29, 1.82) is 0 Å². The minimum absolute atomic E-state index is 0.0889. The molecule has 0 saturated carbocycles. The Hall–Kier alpha value is -1.06. The lowest BCUT2D eigenvalue weighted by Crippen LogP contribution is -2.50. The molecule has 3 N–H and O–H groups in total. The zero-order valence-corrected chi connectivity index (χ0v) is 8.35. The van der Waals surface area contributed by atoms with Crippen molar-refractivity contribution in [2.45, 2.75) is 19.1 Å². The Bertz CT molecular complexity index is 302. The maximum Gasteiger partial charge on any atom is 0.0889 e. The molecule has 1 aromatic carbocycles. The first-order valence-electron chi connectivity index (χ1n) is 4.95. The Kier molecular flexibility index (Phi) is 2.44. The maximum absolute atomic E-state index is 9.16.